The highest BCUT2D eigenvalue weighted by atomic mass is 35.5. The van der Waals surface area contributed by atoms with Crippen LogP contribution in [0.3, 0.4) is 0 Å². The van der Waals surface area contributed by atoms with Crippen molar-refractivity contribution in [2.75, 3.05) is 32.8 Å². The highest BCUT2D eigenvalue weighted by molar-refractivity contribution is 5.99. The monoisotopic (exact) mass is 354 g/mol. The Hall–Kier alpha value is -1.76. The third kappa shape index (κ3) is 4.01. The number of amides is 1. The first kappa shape index (κ1) is 18.6. The van der Waals surface area contributed by atoms with Gasteiger partial charge in [0.05, 0.1) is 18.3 Å². The fraction of sp³-hybridized carbons (Fsp3) is 0.471. The minimum absolute atomic E-state index is 0. The molecule has 3 rings (SSSR count). The molecule has 24 heavy (non-hydrogen) atoms. The summed E-state index contributed by atoms with van der Waals surface area (Å²) in [7, 11) is 0. The number of ether oxygens (including phenoxy) is 2. The number of aliphatic hydroxyl groups is 1. The maximum Gasteiger partial charge on any atom is 0.250 e. The van der Waals surface area contributed by atoms with Gasteiger partial charge in [-0.05, 0) is 19.1 Å². The minimum atomic E-state index is -0.402. The fourth-order valence-electron chi connectivity index (χ4n) is 2.85. The molecule has 0 aliphatic carbocycles. The summed E-state index contributed by atoms with van der Waals surface area (Å²) in [5, 5.41) is 15.7. The number of carbonyl (C=O) groups is 1. The summed E-state index contributed by atoms with van der Waals surface area (Å²) in [4.78, 5) is 12.3. The Bertz CT molecular complexity index is 621. The van der Waals surface area contributed by atoms with Crippen LogP contribution >= 0.6 is 12.4 Å². The predicted molar refractivity (Wildman–Crippen MR) is 93.7 cm³/mol. The van der Waals surface area contributed by atoms with Crippen LogP contribution in [0.4, 0.5) is 0 Å². The smallest absolute Gasteiger partial charge is 0.250 e. The second-order valence-electron chi connectivity index (χ2n) is 5.76. The predicted octanol–water partition coefficient (Wildman–Crippen LogP) is 0.979. The largest absolute Gasteiger partial charge is 0.490 e. The Morgan fingerprint density at radius 1 is 1.46 bits per heavy atom. The molecule has 1 saturated heterocycles. The number of hydrogen-bond donors (Lipinski definition) is 3. The van der Waals surface area contributed by atoms with E-state index in [9.17, 15) is 9.90 Å². The van der Waals surface area contributed by atoms with E-state index in [1.807, 2.05) is 31.2 Å². The SMILES string of the molecule is CCOc1cccc2c1OCC(C(=O)NCC1CNCC1O)=C2.Cl. The van der Waals surface area contributed by atoms with Crippen molar-refractivity contribution in [3.05, 3.63) is 29.3 Å². The van der Waals surface area contributed by atoms with E-state index in [0.717, 1.165) is 12.1 Å². The molecule has 2 aliphatic rings. The maximum atomic E-state index is 12.3. The molecule has 2 atom stereocenters. The van der Waals surface area contributed by atoms with Crippen LogP contribution in [0, 0.1) is 5.92 Å². The van der Waals surface area contributed by atoms with Crippen molar-refractivity contribution >= 4 is 24.4 Å². The molecule has 2 heterocycles. The molecule has 2 aliphatic heterocycles. The van der Waals surface area contributed by atoms with E-state index in [1.165, 1.54) is 0 Å². The van der Waals surface area contributed by atoms with Crippen molar-refractivity contribution in [2.24, 2.45) is 5.92 Å². The number of fused-ring (bicyclic) bond motifs is 1. The van der Waals surface area contributed by atoms with Crippen molar-refractivity contribution < 1.29 is 19.4 Å². The lowest BCUT2D eigenvalue weighted by molar-refractivity contribution is -0.118. The first-order valence-corrected chi connectivity index (χ1v) is 7.95. The highest BCUT2D eigenvalue weighted by Crippen LogP contribution is 2.35. The lowest BCUT2D eigenvalue weighted by Gasteiger charge is -2.21. The van der Waals surface area contributed by atoms with Gasteiger partial charge in [0.2, 0.25) is 0 Å². The van der Waals surface area contributed by atoms with Gasteiger partial charge in [-0.1, -0.05) is 12.1 Å². The lowest BCUT2D eigenvalue weighted by atomic mass is 10.0. The van der Waals surface area contributed by atoms with Crippen LogP contribution in [0.1, 0.15) is 12.5 Å². The molecule has 6 nitrogen and oxygen atoms in total. The quantitative estimate of drug-likeness (QED) is 0.734. The molecule has 1 fully saturated rings. The van der Waals surface area contributed by atoms with Crippen molar-refractivity contribution in [1.82, 2.24) is 10.6 Å². The third-order valence-corrected chi connectivity index (χ3v) is 4.13. The van der Waals surface area contributed by atoms with Gasteiger partial charge >= 0.3 is 0 Å². The van der Waals surface area contributed by atoms with Crippen LogP contribution in [0.5, 0.6) is 11.5 Å². The van der Waals surface area contributed by atoms with E-state index in [0.29, 0.717) is 36.8 Å². The van der Waals surface area contributed by atoms with E-state index in [2.05, 4.69) is 10.6 Å². The van der Waals surface area contributed by atoms with Gasteiger partial charge in [-0.15, -0.1) is 12.4 Å². The molecular weight excluding hydrogens is 332 g/mol. The van der Waals surface area contributed by atoms with Gasteiger partial charge in [-0.2, -0.15) is 0 Å². The fourth-order valence-corrected chi connectivity index (χ4v) is 2.85. The molecule has 0 aromatic heterocycles. The van der Waals surface area contributed by atoms with E-state index >= 15 is 0 Å². The molecule has 3 N–H and O–H groups in total. The molecule has 2 unspecified atom stereocenters. The van der Waals surface area contributed by atoms with Crippen LogP contribution in [0.15, 0.2) is 23.8 Å². The van der Waals surface area contributed by atoms with E-state index in [1.54, 1.807) is 0 Å². The summed E-state index contributed by atoms with van der Waals surface area (Å²) >= 11 is 0. The van der Waals surface area contributed by atoms with Crippen molar-refractivity contribution in [3.63, 3.8) is 0 Å². The number of rotatable bonds is 5. The first-order valence-electron chi connectivity index (χ1n) is 7.95. The van der Waals surface area contributed by atoms with E-state index in [-0.39, 0.29) is 30.8 Å². The van der Waals surface area contributed by atoms with Gasteiger partial charge in [0, 0.05) is 31.1 Å². The van der Waals surface area contributed by atoms with Crippen molar-refractivity contribution in [3.8, 4) is 11.5 Å². The Balaban J connectivity index is 0.00000208. The van der Waals surface area contributed by atoms with Crippen LogP contribution in [0.25, 0.3) is 6.08 Å². The molecule has 1 aromatic rings. The summed E-state index contributed by atoms with van der Waals surface area (Å²) in [6.07, 6.45) is 1.43. The number of hydrogen-bond acceptors (Lipinski definition) is 5. The summed E-state index contributed by atoms with van der Waals surface area (Å²) < 4.78 is 11.3. The Morgan fingerprint density at radius 3 is 3.00 bits per heavy atom. The number of benzene rings is 1. The number of aliphatic hydroxyl groups excluding tert-OH is 1. The lowest BCUT2D eigenvalue weighted by Crippen LogP contribution is -2.36. The van der Waals surface area contributed by atoms with Gasteiger partial charge in [0.1, 0.15) is 6.61 Å². The van der Waals surface area contributed by atoms with Gasteiger partial charge < -0.3 is 25.2 Å². The van der Waals surface area contributed by atoms with Crippen LogP contribution in [-0.2, 0) is 4.79 Å². The van der Waals surface area contributed by atoms with Crippen molar-refractivity contribution in [2.45, 2.75) is 13.0 Å². The second-order valence-corrected chi connectivity index (χ2v) is 5.76. The van der Waals surface area contributed by atoms with Gasteiger partial charge in [-0.3, -0.25) is 4.79 Å². The Morgan fingerprint density at radius 2 is 2.29 bits per heavy atom. The molecule has 0 radical (unpaired) electrons. The zero-order valence-electron chi connectivity index (χ0n) is 13.6. The minimum Gasteiger partial charge on any atom is -0.490 e. The number of carbonyl (C=O) groups excluding carboxylic acids is 1. The standard InChI is InChI=1S/C17H22N2O4.ClH/c1-2-22-15-5-3-4-11-6-12(10-23-16(11)15)17(21)19-8-13-7-18-9-14(13)20;/h3-6,13-14,18,20H,2,7-10H2,1H3,(H,19,21);1H. The Labute approximate surface area is 147 Å². The zero-order chi connectivity index (χ0) is 16.2. The molecule has 0 bridgehead atoms. The number of para-hydroxylation sites is 1. The van der Waals surface area contributed by atoms with Gasteiger partial charge in [0.15, 0.2) is 11.5 Å². The maximum absolute atomic E-state index is 12.3. The molecular formula is C17H23ClN2O4. The van der Waals surface area contributed by atoms with E-state index < -0.39 is 6.10 Å². The molecule has 7 heteroatoms. The second kappa shape index (κ2) is 8.37. The molecule has 0 spiro atoms. The first-order chi connectivity index (χ1) is 11.2. The number of nitrogens with one attached hydrogen (secondary N) is 2. The summed E-state index contributed by atoms with van der Waals surface area (Å²) in [6.45, 7) is 4.46. The highest BCUT2D eigenvalue weighted by Gasteiger charge is 2.26. The van der Waals surface area contributed by atoms with Crippen LogP contribution < -0.4 is 20.1 Å². The summed E-state index contributed by atoms with van der Waals surface area (Å²) in [6, 6.07) is 5.63. The summed E-state index contributed by atoms with van der Waals surface area (Å²) in [5.41, 5.74) is 1.42. The number of halogens is 1. The average molecular weight is 355 g/mol. The molecule has 0 saturated carbocycles. The van der Waals surface area contributed by atoms with E-state index in [4.69, 9.17) is 9.47 Å². The molecule has 1 aromatic carbocycles. The van der Waals surface area contributed by atoms with Gasteiger partial charge in [0.25, 0.3) is 5.91 Å². The average Bonchev–Trinajstić information content (AvgIpc) is 2.98. The molecule has 1 amide bonds. The summed E-state index contributed by atoms with van der Waals surface area (Å²) in [5.74, 6) is 1.28. The van der Waals surface area contributed by atoms with Crippen molar-refractivity contribution in [1.29, 1.82) is 0 Å². The van der Waals surface area contributed by atoms with Crippen LogP contribution in [0.2, 0.25) is 0 Å². The third-order valence-electron chi connectivity index (χ3n) is 4.13. The Kier molecular flexibility index (Phi) is 6.48. The normalized spacial score (nSPS) is 21.8. The number of β-amino-alcohol motifs (C(OH)–C–C–N with tert-alkyl or cyclic N) is 1. The topological polar surface area (TPSA) is 79.8 Å². The zero-order valence-corrected chi connectivity index (χ0v) is 14.4. The van der Waals surface area contributed by atoms with Gasteiger partial charge in [-0.25, -0.2) is 0 Å². The van der Waals surface area contributed by atoms with Crippen LogP contribution in [-0.4, -0.2) is 50.0 Å². The molecule has 132 valence electrons.